The standard InChI is InChI=1S/C10H13N7O/c1-6(9-14-16-17-15-9)12-10(18)7-2-4-8(13-11)5-3-7/h2-6,13H,11H2,1H3,(H,12,18)(H,14,15,16,17). The van der Waals surface area contributed by atoms with Crippen LogP contribution in [0.3, 0.4) is 0 Å². The number of carbonyl (C=O) groups is 1. The number of H-pyrrole nitrogens is 1. The minimum absolute atomic E-state index is 0.212. The van der Waals surface area contributed by atoms with Gasteiger partial charge in [-0.3, -0.25) is 10.6 Å². The van der Waals surface area contributed by atoms with Crippen LogP contribution in [0, 0.1) is 0 Å². The molecule has 0 spiro atoms. The second-order valence-corrected chi connectivity index (χ2v) is 3.69. The molecule has 1 unspecified atom stereocenters. The van der Waals surface area contributed by atoms with Gasteiger partial charge in [0.05, 0.1) is 6.04 Å². The summed E-state index contributed by atoms with van der Waals surface area (Å²) in [6.07, 6.45) is 0. The number of anilines is 1. The third kappa shape index (κ3) is 2.61. The predicted octanol–water partition coefficient (Wildman–Crippen LogP) is -0.0237. The molecule has 5 N–H and O–H groups in total. The molecular weight excluding hydrogens is 234 g/mol. The molecule has 1 heterocycles. The van der Waals surface area contributed by atoms with E-state index in [9.17, 15) is 4.79 Å². The maximum Gasteiger partial charge on any atom is 0.251 e. The molecule has 1 aromatic carbocycles. The Bertz CT molecular complexity index is 508. The summed E-state index contributed by atoms with van der Waals surface area (Å²) in [5.74, 6) is 5.47. The number of hydrogen-bond acceptors (Lipinski definition) is 6. The zero-order valence-corrected chi connectivity index (χ0v) is 9.71. The van der Waals surface area contributed by atoms with Crippen molar-refractivity contribution in [3.05, 3.63) is 35.7 Å². The number of hydrogen-bond donors (Lipinski definition) is 4. The topological polar surface area (TPSA) is 122 Å². The highest BCUT2D eigenvalue weighted by molar-refractivity contribution is 5.94. The van der Waals surface area contributed by atoms with Crippen molar-refractivity contribution >= 4 is 11.6 Å². The molecule has 0 aliphatic rings. The molecule has 8 heteroatoms. The molecule has 94 valence electrons. The van der Waals surface area contributed by atoms with Crippen molar-refractivity contribution in [2.75, 3.05) is 5.43 Å². The Kier molecular flexibility index (Phi) is 3.49. The van der Waals surface area contributed by atoms with E-state index >= 15 is 0 Å². The van der Waals surface area contributed by atoms with E-state index in [0.29, 0.717) is 11.4 Å². The van der Waals surface area contributed by atoms with Gasteiger partial charge in [0, 0.05) is 11.3 Å². The molecular formula is C10H13N7O. The van der Waals surface area contributed by atoms with E-state index in [1.807, 2.05) is 0 Å². The molecule has 0 bridgehead atoms. The molecule has 0 saturated heterocycles. The highest BCUT2D eigenvalue weighted by atomic mass is 16.1. The van der Waals surface area contributed by atoms with Gasteiger partial charge in [-0.25, -0.2) is 0 Å². The van der Waals surface area contributed by atoms with Crippen LogP contribution in [0.2, 0.25) is 0 Å². The van der Waals surface area contributed by atoms with Crippen LogP contribution in [-0.4, -0.2) is 26.5 Å². The fourth-order valence-corrected chi connectivity index (χ4v) is 1.42. The van der Waals surface area contributed by atoms with E-state index in [0.717, 1.165) is 5.69 Å². The lowest BCUT2D eigenvalue weighted by Crippen LogP contribution is -2.27. The minimum atomic E-state index is -0.316. The number of benzene rings is 1. The number of nitrogens with one attached hydrogen (secondary N) is 3. The van der Waals surface area contributed by atoms with Crippen LogP contribution >= 0.6 is 0 Å². The Morgan fingerprint density at radius 1 is 1.39 bits per heavy atom. The van der Waals surface area contributed by atoms with Crippen LogP contribution in [0.4, 0.5) is 5.69 Å². The van der Waals surface area contributed by atoms with Crippen molar-refractivity contribution in [3.8, 4) is 0 Å². The summed E-state index contributed by atoms with van der Waals surface area (Å²) in [6.45, 7) is 1.78. The zero-order chi connectivity index (χ0) is 13.0. The maximum absolute atomic E-state index is 11.9. The highest BCUT2D eigenvalue weighted by Gasteiger charge is 2.14. The fourth-order valence-electron chi connectivity index (χ4n) is 1.42. The molecule has 2 aromatic rings. The molecule has 0 saturated carbocycles. The summed E-state index contributed by atoms with van der Waals surface area (Å²) < 4.78 is 0. The first-order valence-corrected chi connectivity index (χ1v) is 5.31. The molecule has 1 aromatic heterocycles. The number of hydrazine groups is 1. The summed E-state index contributed by atoms with van der Waals surface area (Å²) in [4.78, 5) is 11.9. The zero-order valence-electron chi connectivity index (χ0n) is 9.71. The lowest BCUT2D eigenvalue weighted by atomic mass is 10.2. The first kappa shape index (κ1) is 12.0. The van der Waals surface area contributed by atoms with E-state index in [1.165, 1.54) is 0 Å². The third-order valence-corrected chi connectivity index (χ3v) is 2.41. The van der Waals surface area contributed by atoms with Crippen LogP contribution in [0.1, 0.15) is 29.1 Å². The lowest BCUT2D eigenvalue weighted by Gasteiger charge is -2.10. The van der Waals surface area contributed by atoms with Crippen molar-refractivity contribution in [3.63, 3.8) is 0 Å². The Hall–Kier alpha value is -2.48. The maximum atomic E-state index is 11.9. The summed E-state index contributed by atoms with van der Waals surface area (Å²) in [5.41, 5.74) is 3.76. The summed E-state index contributed by atoms with van der Waals surface area (Å²) in [7, 11) is 0. The SMILES string of the molecule is CC(NC(=O)c1ccc(NN)cc1)c1nn[nH]n1. The average Bonchev–Trinajstić information content (AvgIpc) is 2.92. The minimum Gasteiger partial charge on any atom is -0.342 e. The van der Waals surface area contributed by atoms with E-state index < -0.39 is 0 Å². The fraction of sp³-hybridized carbons (Fsp3) is 0.200. The first-order chi connectivity index (χ1) is 8.70. The van der Waals surface area contributed by atoms with Gasteiger partial charge in [0.15, 0.2) is 5.82 Å². The number of tetrazole rings is 1. The monoisotopic (exact) mass is 247 g/mol. The van der Waals surface area contributed by atoms with Crippen LogP contribution in [0.15, 0.2) is 24.3 Å². The van der Waals surface area contributed by atoms with Crippen LogP contribution in [0.25, 0.3) is 0 Å². The number of aromatic nitrogens is 4. The van der Waals surface area contributed by atoms with E-state index in [1.54, 1.807) is 31.2 Å². The number of amides is 1. The van der Waals surface area contributed by atoms with Gasteiger partial charge in [0.2, 0.25) is 0 Å². The number of rotatable bonds is 4. The Balaban J connectivity index is 2.03. The molecule has 0 aliphatic carbocycles. The molecule has 1 atom stereocenters. The van der Waals surface area contributed by atoms with Gasteiger partial charge in [-0.1, -0.05) is 5.21 Å². The van der Waals surface area contributed by atoms with Crippen molar-refractivity contribution in [2.45, 2.75) is 13.0 Å². The van der Waals surface area contributed by atoms with Gasteiger partial charge in [-0.2, -0.15) is 5.21 Å². The van der Waals surface area contributed by atoms with E-state index in [2.05, 4.69) is 31.4 Å². The smallest absolute Gasteiger partial charge is 0.251 e. The van der Waals surface area contributed by atoms with Crippen molar-refractivity contribution in [1.82, 2.24) is 25.9 Å². The van der Waals surface area contributed by atoms with Crippen LogP contribution < -0.4 is 16.6 Å². The number of carbonyl (C=O) groups excluding carboxylic acids is 1. The normalized spacial score (nSPS) is 11.9. The van der Waals surface area contributed by atoms with Crippen LogP contribution in [0.5, 0.6) is 0 Å². The number of nitrogens with two attached hydrogens (primary N) is 1. The van der Waals surface area contributed by atoms with Crippen molar-refractivity contribution < 1.29 is 4.79 Å². The highest BCUT2D eigenvalue weighted by Crippen LogP contribution is 2.10. The quantitative estimate of drug-likeness (QED) is 0.445. The number of nitrogens with zero attached hydrogens (tertiary/aromatic N) is 3. The summed E-state index contributed by atoms with van der Waals surface area (Å²) in [6, 6.07) is 6.46. The predicted molar refractivity (Wildman–Crippen MR) is 64.3 cm³/mol. The molecule has 18 heavy (non-hydrogen) atoms. The van der Waals surface area contributed by atoms with Gasteiger partial charge in [0.25, 0.3) is 5.91 Å². The number of nitrogen functional groups attached to an aromatic ring is 1. The van der Waals surface area contributed by atoms with E-state index in [4.69, 9.17) is 5.84 Å². The molecule has 1 amide bonds. The Morgan fingerprint density at radius 3 is 2.67 bits per heavy atom. The van der Waals surface area contributed by atoms with Gasteiger partial charge in [-0.05, 0) is 31.2 Å². The molecule has 0 fully saturated rings. The molecule has 0 radical (unpaired) electrons. The Morgan fingerprint density at radius 2 is 2.11 bits per heavy atom. The van der Waals surface area contributed by atoms with Gasteiger partial charge in [-0.15, -0.1) is 10.2 Å². The van der Waals surface area contributed by atoms with E-state index in [-0.39, 0.29) is 11.9 Å². The third-order valence-electron chi connectivity index (χ3n) is 2.41. The second kappa shape index (κ2) is 5.23. The summed E-state index contributed by atoms with van der Waals surface area (Å²) >= 11 is 0. The number of aromatic amines is 1. The molecule has 2 rings (SSSR count). The van der Waals surface area contributed by atoms with Gasteiger partial charge in [0.1, 0.15) is 0 Å². The van der Waals surface area contributed by atoms with Crippen LogP contribution in [-0.2, 0) is 0 Å². The van der Waals surface area contributed by atoms with Gasteiger partial charge >= 0.3 is 0 Å². The average molecular weight is 247 g/mol. The van der Waals surface area contributed by atoms with Crippen molar-refractivity contribution in [2.24, 2.45) is 5.84 Å². The first-order valence-electron chi connectivity index (χ1n) is 5.31. The Labute approximate surface area is 103 Å². The summed E-state index contributed by atoms with van der Waals surface area (Å²) in [5, 5.41) is 16.1. The van der Waals surface area contributed by atoms with Gasteiger partial charge < -0.3 is 10.7 Å². The van der Waals surface area contributed by atoms with Crippen molar-refractivity contribution in [1.29, 1.82) is 0 Å². The largest absolute Gasteiger partial charge is 0.342 e. The second-order valence-electron chi connectivity index (χ2n) is 3.69. The molecule has 0 aliphatic heterocycles. The lowest BCUT2D eigenvalue weighted by molar-refractivity contribution is 0.0938. The molecule has 8 nitrogen and oxygen atoms in total.